The highest BCUT2D eigenvalue weighted by Gasteiger charge is 2.24. The van der Waals surface area contributed by atoms with Gasteiger partial charge in [-0.05, 0) is 37.1 Å². The molecule has 0 radical (unpaired) electrons. The van der Waals surface area contributed by atoms with E-state index in [1.54, 1.807) is 6.92 Å². The molecule has 2 aromatic carbocycles. The molecule has 0 unspecified atom stereocenters. The predicted octanol–water partition coefficient (Wildman–Crippen LogP) is 2.92. The quantitative estimate of drug-likeness (QED) is 0.546. The summed E-state index contributed by atoms with van der Waals surface area (Å²) in [5.74, 6) is -1.35. The van der Waals surface area contributed by atoms with E-state index >= 15 is 0 Å². The normalized spacial score (nSPS) is 14.5. The van der Waals surface area contributed by atoms with Crippen LogP contribution in [-0.4, -0.2) is 51.7 Å². The number of carbonyl (C=O) groups is 2. The van der Waals surface area contributed by atoms with Crippen LogP contribution in [0.15, 0.2) is 42.5 Å². The number of aliphatic carboxylic acids is 1. The zero-order valence-corrected chi connectivity index (χ0v) is 17.9. The molecule has 1 saturated heterocycles. The number of hydrogen-bond donors (Lipinski definition) is 3. The van der Waals surface area contributed by atoms with Gasteiger partial charge in [-0.3, -0.25) is 9.59 Å². The smallest absolute Gasteiger partial charge is 0.322 e. The molecule has 8 nitrogen and oxygen atoms in total. The molecule has 2 heterocycles. The van der Waals surface area contributed by atoms with Crippen LogP contribution >= 0.6 is 0 Å². The van der Waals surface area contributed by atoms with E-state index < -0.39 is 18.4 Å². The number of hydrogen-bond acceptors (Lipinski definition) is 6. The number of fused-ring (bicyclic) bond motifs is 1. The lowest BCUT2D eigenvalue weighted by Gasteiger charge is -2.34. The van der Waals surface area contributed by atoms with Gasteiger partial charge in [-0.2, -0.15) is 0 Å². The summed E-state index contributed by atoms with van der Waals surface area (Å²) < 4.78 is 0. The van der Waals surface area contributed by atoms with E-state index in [1.165, 1.54) is 16.5 Å². The predicted molar refractivity (Wildman–Crippen MR) is 121 cm³/mol. The first kappa shape index (κ1) is 21.5. The zero-order valence-electron chi connectivity index (χ0n) is 17.9. The van der Waals surface area contributed by atoms with E-state index in [4.69, 9.17) is 5.11 Å². The molecular weight excluding hydrogens is 408 g/mol. The van der Waals surface area contributed by atoms with Crippen LogP contribution in [-0.2, 0) is 11.2 Å². The van der Waals surface area contributed by atoms with Crippen molar-refractivity contribution in [3.63, 3.8) is 0 Å². The van der Waals surface area contributed by atoms with E-state index in [9.17, 15) is 14.7 Å². The number of aryl methyl sites for hydroxylation is 1. The molecule has 1 amide bonds. The van der Waals surface area contributed by atoms with Gasteiger partial charge in [0, 0.05) is 30.6 Å². The topological polar surface area (TPSA) is 116 Å². The molecule has 1 aliphatic heterocycles. The second-order valence-corrected chi connectivity index (χ2v) is 8.13. The SMILES string of the molecule is Cc1nc(CC2CCN(c3cccc4ccccc34)CC2)nc(C(=O)NCC(=O)O)c1O. The standard InChI is InChI=1S/C24H26N4O4/c1-15-23(31)22(24(32)25-14-21(29)30)27-20(26-15)13-16-9-11-28(12-10-16)19-8-4-6-17-5-2-3-7-18(17)19/h2-8,16,31H,9-14H2,1H3,(H,25,32)(H,29,30). The molecule has 0 bridgehead atoms. The van der Waals surface area contributed by atoms with Crippen LogP contribution in [0, 0.1) is 12.8 Å². The van der Waals surface area contributed by atoms with E-state index in [2.05, 4.69) is 56.6 Å². The van der Waals surface area contributed by atoms with Gasteiger partial charge in [-0.15, -0.1) is 0 Å². The van der Waals surface area contributed by atoms with Crippen LogP contribution in [0.3, 0.4) is 0 Å². The molecule has 32 heavy (non-hydrogen) atoms. The Balaban J connectivity index is 1.44. The maximum absolute atomic E-state index is 12.2. The molecule has 0 saturated carbocycles. The third-order valence-electron chi connectivity index (χ3n) is 5.91. The second-order valence-electron chi connectivity index (χ2n) is 8.13. The van der Waals surface area contributed by atoms with Crippen molar-refractivity contribution in [3.8, 4) is 5.75 Å². The highest BCUT2D eigenvalue weighted by molar-refractivity contribution is 5.96. The van der Waals surface area contributed by atoms with Gasteiger partial charge in [0.25, 0.3) is 5.91 Å². The van der Waals surface area contributed by atoms with Gasteiger partial charge in [-0.25, -0.2) is 9.97 Å². The van der Waals surface area contributed by atoms with Crippen molar-refractivity contribution in [2.24, 2.45) is 5.92 Å². The van der Waals surface area contributed by atoms with Gasteiger partial charge >= 0.3 is 5.97 Å². The number of benzene rings is 2. The molecule has 4 rings (SSSR count). The Morgan fingerprint density at radius 3 is 2.56 bits per heavy atom. The molecule has 1 fully saturated rings. The Hall–Kier alpha value is -3.68. The summed E-state index contributed by atoms with van der Waals surface area (Å²) in [6.07, 6.45) is 2.53. The molecule has 0 spiro atoms. The highest BCUT2D eigenvalue weighted by Crippen LogP contribution is 2.31. The molecule has 0 atom stereocenters. The number of amides is 1. The lowest BCUT2D eigenvalue weighted by Crippen LogP contribution is -2.34. The van der Waals surface area contributed by atoms with E-state index in [0.29, 0.717) is 23.9 Å². The number of carbonyl (C=O) groups excluding carboxylic acids is 1. The van der Waals surface area contributed by atoms with Gasteiger partial charge < -0.3 is 20.4 Å². The van der Waals surface area contributed by atoms with E-state index in [-0.39, 0.29) is 11.4 Å². The Morgan fingerprint density at radius 1 is 1.09 bits per heavy atom. The maximum atomic E-state index is 12.2. The monoisotopic (exact) mass is 434 g/mol. The van der Waals surface area contributed by atoms with Crippen molar-refractivity contribution < 1.29 is 19.8 Å². The van der Waals surface area contributed by atoms with Crippen molar-refractivity contribution in [2.75, 3.05) is 24.5 Å². The summed E-state index contributed by atoms with van der Waals surface area (Å²) in [4.78, 5) is 34.0. The Kier molecular flexibility index (Phi) is 6.20. The van der Waals surface area contributed by atoms with Crippen LogP contribution in [0.5, 0.6) is 5.75 Å². The van der Waals surface area contributed by atoms with Gasteiger partial charge in [0.1, 0.15) is 12.4 Å². The van der Waals surface area contributed by atoms with E-state index in [0.717, 1.165) is 25.9 Å². The average Bonchev–Trinajstić information content (AvgIpc) is 2.80. The number of nitrogens with zero attached hydrogens (tertiary/aromatic N) is 3. The van der Waals surface area contributed by atoms with Gasteiger partial charge in [0.2, 0.25) is 0 Å². The van der Waals surface area contributed by atoms with Crippen LogP contribution in [0.2, 0.25) is 0 Å². The van der Waals surface area contributed by atoms with Crippen LogP contribution in [0.1, 0.15) is 34.8 Å². The van der Waals surface area contributed by atoms with Crippen LogP contribution in [0.25, 0.3) is 10.8 Å². The van der Waals surface area contributed by atoms with Crippen molar-refractivity contribution in [2.45, 2.75) is 26.2 Å². The average molecular weight is 434 g/mol. The van der Waals surface area contributed by atoms with Gasteiger partial charge in [-0.1, -0.05) is 36.4 Å². The molecule has 3 aromatic rings. The summed E-state index contributed by atoms with van der Waals surface area (Å²) in [6.45, 7) is 2.91. The molecule has 0 aliphatic carbocycles. The van der Waals surface area contributed by atoms with Crippen molar-refractivity contribution in [1.82, 2.24) is 15.3 Å². The molecular formula is C24H26N4O4. The number of carboxylic acids is 1. The summed E-state index contributed by atoms with van der Waals surface area (Å²) in [6, 6.07) is 14.8. The zero-order chi connectivity index (χ0) is 22.7. The third kappa shape index (κ3) is 4.64. The number of piperidine rings is 1. The minimum atomic E-state index is -1.17. The third-order valence-corrected chi connectivity index (χ3v) is 5.91. The molecule has 1 aromatic heterocycles. The fraction of sp³-hybridized carbons (Fsp3) is 0.333. The molecule has 1 aliphatic rings. The fourth-order valence-corrected chi connectivity index (χ4v) is 4.23. The minimum Gasteiger partial charge on any atom is -0.504 e. The molecule has 166 valence electrons. The number of nitrogens with one attached hydrogen (secondary N) is 1. The molecule has 8 heteroatoms. The Morgan fingerprint density at radius 2 is 1.81 bits per heavy atom. The maximum Gasteiger partial charge on any atom is 0.322 e. The lowest BCUT2D eigenvalue weighted by atomic mass is 9.92. The van der Waals surface area contributed by atoms with Crippen LogP contribution in [0.4, 0.5) is 5.69 Å². The van der Waals surface area contributed by atoms with E-state index in [1.807, 2.05) is 6.07 Å². The lowest BCUT2D eigenvalue weighted by molar-refractivity contribution is -0.135. The minimum absolute atomic E-state index is 0.179. The van der Waals surface area contributed by atoms with Gasteiger partial charge in [0.05, 0.1) is 5.69 Å². The number of rotatable bonds is 6. The number of carboxylic acid groups (broad SMARTS) is 1. The largest absolute Gasteiger partial charge is 0.504 e. The second kappa shape index (κ2) is 9.21. The first-order chi connectivity index (χ1) is 15.4. The first-order valence-electron chi connectivity index (χ1n) is 10.7. The van der Waals surface area contributed by atoms with Gasteiger partial charge in [0.15, 0.2) is 11.4 Å². The van der Waals surface area contributed by atoms with Crippen molar-refractivity contribution in [1.29, 1.82) is 0 Å². The summed E-state index contributed by atoms with van der Waals surface area (Å²) >= 11 is 0. The number of aromatic hydroxyl groups is 1. The number of aromatic nitrogens is 2. The van der Waals surface area contributed by atoms with Crippen LogP contribution < -0.4 is 10.2 Å². The summed E-state index contributed by atoms with van der Waals surface area (Å²) in [5, 5.41) is 23.6. The highest BCUT2D eigenvalue weighted by atomic mass is 16.4. The summed E-state index contributed by atoms with van der Waals surface area (Å²) in [5.41, 5.74) is 1.38. The number of anilines is 1. The molecule has 3 N–H and O–H groups in total. The Bertz CT molecular complexity index is 1150. The Labute approximate surface area is 185 Å². The van der Waals surface area contributed by atoms with Crippen molar-refractivity contribution >= 4 is 28.3 Å². The fourth-order valence-electron chi connectivity index (χ4n) is 4.23. The first-order valence-corrected chi connectivity index (χ1v) is 10.7. The summed E-state index contributed by atoms with van der Waals surface area (Å²) in [7, 11) is 0. The van der Waals surface area contributed by atoms with Crippen molar-refractivity contribution in [3.05, 3.63) is 59.7 Å².